The van der Waals surface area contributed by atoms with Crippen molar-refractivity contribution in [1.82, 2.24) is 24.7 Å². The van der Waals surface area contributed by atoms with Crippen LogP contribution in [0.3, 0.4) is 0 Å². The van der Waals surface area contributed by atoms with E-state index >= 15 is 0 Å². The van der Waals surface area contributed by atoms with Crippen molar-refractivity contribution >= 4 is 28.4 Å². The van der Waals surface area contributed by atoms with Crippen LogP contribution in [0.5, 0.6) is 0 Å². The highest BCUT2D eigenvalue weighted by molar-refractivity contribution is 5.95. The lowest BCUT2D eigenvalue weighted by molar-refractivity contribution is -0.114. The number of aryl methyl sites for hydroxylation is 1. The molecular weight excluding hydrogens is 420 g/mol. The predicted molar refractivity (Wildman–Crippen MR) is 115 cm³/mol. The molecule has 1 saturated heterocycles. The molecule has 0 radical (unpaired) electrons. The number of pyridine rings is 1. The fourth-order valence-electron chi connectivity index (χ4n) is 3.80. The highest BCUT2D eigenvalue weighted by Crippen LogP contribution is 2.32. The Labute approximate surface area is 183 Å². The molecule has 1 aliphatic rings. The molecule has 0 unspecified atom stereocenters. The number of nitrogens with zero attached hydrogens (tertiary/aromatic N) is 6. The lowest BCUT2D eigenvalue weighted by Crippen LogP contribution is -2.23. The zero-order valence-electron chi connectivity index (χ0n) is 18.4. The number of amides is 1. The molecule has 0 aliphatic carbocycles. The maximum absolute atomic E-state index is 14.0. The molecule has 1 fully saturated rings. The van der Waals surface area contributed by atoms with E-state index in [4.69, 9.17) is 9.84 Å². The molecule has 0 spiro atoms. The molecule has 0 bridgehead atoms. The second-order valence-corrected chi connectivity index (χ2v) is 7.89. The number of carbonyl (C=O) groups excluding carboxylic acids is 1. The summed E-state index contributed by atoms with van der Waals surface area (Å²) in [6.45, 7) is 7.76. The number of anilines is 2. The van der Waals surface area contributed by atoms with Crippen LogP contribution in [0.1, 0.15) is 38.7 Å². The molecule has 9 nitrogen and oxygen atoms in total. The Bertz CT molecular complexity index is 1160. The van der Waals surface area contributed by atoms with Crippen LogP contribution in [-0.2, 0) is 15.5 Å². The summed E-state index contributed by atoms with van der Waals surface area (Å²) in [6, 6.07) is 3.25. The summed E-state index contributed by atoms with van der Waals surface area (Å²) in [5.74, 6) is -2.84. The molecule has 1 N–H and O–H groups in total. The van der Waals surface area contributed by atoms with Gasteiger partial charge in [0.2, 0.25) is 11.7 Å². The Morgan fingerprint density at radius 1 is 1.34 bits per heavy atom. The maximum Gasteiger partial charge on any atom is 0.303 e. The van der Waals surface area contributed by atoms with E-state index in [0.717, 1.165) is 25.3 Å². The van der Waals surface area contributed by atoms with Crippen molar-refractivity contribution in [3.05, 3.63) is 29.8 Å². The van der Waals surface area contributed by atoms with Crippen molar-refractivity contribution in [3.8, 4) is 5.82 Å². The summed E-state index contributed by atoms with van der Waals surface area (Å²) in [7, 11) is 0. The van der Waals surface area contributed by atoms with Crippen LogP contribution < -0.4 is 10.2 Å². The number of rotatable bonds is 6. The van der Waals surface area contributed by atoms with Gasteiger partial charge in [-0.05, 0) is 20.3 Å². The minimum Gasteiger partial charge on any atom is -0.377 e. The van der Waals surface area contributed by atoms with Crippen molar-refractivity contribution in [2.45, 2.75) is 46.1 Å². The standard InChI is InChI=1S/C21H25F2N7O2/c1-5-32-14-6-7-29(11-14)19-15-10-24-17(26-13(3)31)9-16(15)30(28-19)18-8-12(2)25-20(27-18)21(4,22)23/h8-10,14H,5-7,11H2,1-4H3,(H,24,26,31)/t14-/m1/s1. The molecule has 0 aromatic carbocycles. The highest BCUT2D eigenvalue weighted by Gasteiger charge is 2.31. The van der Waals surface area contributed by atoms with Crippen molar-refractivity contribution in [3.63, 3.8) is 0 Å². The van der Waals surface area contributed by atoms with Gasteiger partial charge in [-0.1, -0.05) is 0 Å². The number of carbonyl (C=O) groups is 1. The first kappa shape index (κ1) is 22.0. The Morgan fingerprint density at radius 2 is 2.12 bits per heavy atom. The first-order valence-corrected chi connectivity index (χ1v) is 10.4. The van der Waals surface area contributed by atoms with Crippen molar-refractivity contribution < 1.29 is 18.3 Å². The SMILES string of the molecule is CCO[C@@H]1CCN(c2nn(-c3cc(C)nc(C(C)(F)F)n3)c3cc(NC(C)=O)ncc23)C1. The van der Waals surface area contributed by atoms with Gasteiger partial charge in [0.25, 0.3) is 0 Å². The van der Waals surface area contributed by atoms with Crippen LogP contribution >= 0.6 is 0 Å². The van der Waals surface area contributed by atoms with Gasteiger partial charge in [0, 0.05) is 57.6 Å². The van der Waals surface area contributed by atoms with Crippen LogP contribution in [0, 0.1) is 6.92 Å². The smallest absolute Gasteiger partial charge is 0.303 e. The number of alkyl halides is 2. The molecule has 11 heteroatoms. The number of ether oxygens (including phenoxy) is 1. The minimum absolute atomic E-state index is 0.0958. The molecule has 4 rings (SSSR count). The average molecular weight is 445 g/mol. The van der Waals surface area contributed by atoms with Gasteiger partial charge in [-0.3, -0.25) is 4.79 Å². The second-order valence-electron chi connectivity index (χ2n) is 7.89. The van der Waals surface area contributed by atoms with E-state index in [2.05, 4.69) is 25.2 Å². The van der Waals surface area contributed by atoms with Crippen LogP contribution in [0.15, 0.2) is 18.3 Å². The van der Waals surface area contributed by atoms with Crippen LogP contribution in [0.4, 0.5) is 20.4 Å². The van der Waals surface area contributed by atoms with Gasteiger partial charge in [-0.15, -0.1) is 5.10 Å². The molecule has 3 aromatic heterocycles. The van der Waals surface area contributed by atoms with Gasteiger partial charge in [0.05, 0.1) is 17.0 Å². The fourth-order valence-corrected chi connectivity index (χ4v) is 3.80. The largest absolute Gasteiger partial charge is 0.377 e. The molecule has 170 valence electrons. The van der Waals surface area contributed by atoms with Gasteiger partial charge in [-0.2, -0.15) is 8.78 Å². The number of nitrogens with one attached hydrogen (secondary N) is 1. The summed E-state index contributed by atoms with van der Waals surface area (Å²) < 4.78 is 35.2. The van der Waals surface area contributed by atoms with E-state index in [0.29, 0.717) is 36.0 Å². The Hall–Kier alpha value is -3.21. The number of aromatic nitrogens is 5. The van der Waals surface area contributed by atoms with Crippen molar-refractivity contribution in [2.24, 2.45) is 0 Å². The number of hydrogen-bond acceptors (Lipinski definition) is 7. The summed E-state index contributed by atoms with van der Waals surface area (Å²) in [6.07, 6.45) is 2.58. The third kappa shape index (κ3) is 4.38. The zero-order valence-corrected chi connectivity index (χ0v) is 18.4. The van der Waals surface area contributed by atoms with E-state index in [9.17, 15) is 13.6 Å². The summed E-state index contributed by atoms with van der Waals surface area (Å²) >= 11 is 0. The topological polar surface area (TPSA) is 98.1 Å². The van der Waals surface area contributed by atoms with Gasteiger partial charge >= 0.3 is 5.92 Å². The number of fused-ring (bicyclic) bond motifs is 1. The lowest BCUT2D eigenvalue weighted by atomic mass is 10.3. The minimum atomic E-state index is -3.20. The van der Waals surface area contributed by atoms with Crippen LogP contribution in [-0.4, -0.2) is 56.4 Å². The summed E-state index contributed by atoms with van der Waals surface area (Å²) in [4.78, 5) is 25.9. The van der Waals surface area contributed by atoms with E-state index in [-0.39, 0.29) is 17.8 Å². The van der Waals surface area contributed by atoms with Gasteiger partial charge in [0.1, 0.15) is 5.82 Å². The van der Waals surface area contributed by atoms with Gasteiger partial charge in [0.15, 0.2) is 11.6 Å². The van der Waals surface area contributed by atoms with E-state index in [1.54, 1.807) is 25.3 Å². The third-order valence-electron chi connectivity index (χ3n) is 5.15. The highest BCUT2D eigenvalue weighted by atomic mass is 19.3. The fraction of sp³-hybridized carbons (Fsp3) is 0.476. The Morgan fingerprint density at radius 3 is 2.81 bits per heavy atom. The average Bonchev–Trinajstić information content (AvgIpc) is 3.31. The van der Waals surface area contributed by atoms with E-state index in [1.165, 1.54) is 11.6 Å². The van der Waals surface area contributed by atoms with Crippen molar-refractivity contribution in [1.29, 1.82) is 0 Å². The normalized spacial score (nSPS) is 16.7. The Balaban J connectivity index is 1.86. The lowest BCUT2D eigenvalue weighted by Gasteiger charge is -2.16. The molecular formula is C21H25F2N7O2. The molecule has 4 heterocycles. The molecule has 1 aliphatic heterocycles. The Kier molecular flexibility index (Phi) is 5.76. The van der Waals surface area contributed by atoms with Crippen LogP contribution in [0.2, 0.25) is 0 Å². The number of hydrogen-bond donors (Lipinski definition) is 1. The van der Waals surface area contributed by atoms with Crippen LogP contribution in [0.25, 0.3) is 16.7 Å². The molecule has 1 atom stereocenters. The first-order chi connectivity index (χ1) is 15.2. The quantitative estimate of drug-likeness (QED) is 0.622. The summed E-state index contributed by atoms with van der Waals surface area (Å²) in [5, 5.41) is 8.09. The third-order valence-corrected chi connectivity index (χ3v) is 5.15. The monoisotopic (exact) mass is 445 g/mol. The maximum atomic E-state index is 14.0. The summed E-state index contributed by atoms with van der Waals surface area (Å²) in [5.41, 5.74) is 0.979. The molecule has 1 amide bonds. The first-order valence-electron chi connectivity index (χ1n) is 10.4. The molecule has 32 heavy (non-hydrogen) atoms. The molecule has 0 saturated carbocycles. The van der Waals surface area contributed by atoms with Crippen molar-refractivity contribution in [2.75, 3.05) is 29.9 Å². The second kappa shape index (κ2) is 8.38. The van der Waals surface area contributed by atoms with Gasteiger partial charge in [-0.25, -0.2) is 19.6 Å². The molecule has 3 aromatic rings. The number of halogens is 2. The predicted octanol–water partition coefficient (Wildman–Crippen LogP) is 3.20. The van der Waals surface area contributed by atoms with E-state index < -0.39 is 11.7 Å². The zero-order chi connectivity index (χ0) is 23.0. The van der Waals surface area contributed by atoms with E-state index in [1.807, 2.05) is 6.92 Å². The van der Waals surface area contributed by atoms with Gasteiger partial charge < -0.3 is 15.0 Å².